The third-order valence-electron chi connectivity index (χ3n) is 2.92. The monoisotopic (exact) mass is 243 g/mol. The number of pyridine rings is 1. The molecule has 0 bridgehead atoms. The predicted octanol–water partition coefficient (Wildman–Crippen LogP) is 3.32. The molecule has 0 spiro atoms. The normalized spacial score (nSPS) is 10.4. The maximum absolute atomic E-state index is 13.0. The van der Waals surface area contributed by atoms with Crippen molar-refractivity contribution in [3.63, 3.8) is 0 Å². The van der Waals surface area contributed by atoms with Crippen LogP contribution in [0.2, 0.25) is 0 Å². The van der Waals surface area contributed by atoms with Gasteiger partial charge in [0.1, 0.15) is 11.5 Å². The molecule has 0 amide bonds. The van der Waals surface area contributed by atoms with E-state index < -0.39 is 0 Å². The number of halogens is 1. The smallest absolute Gasteiger partial charge is 0.211 e. The van der Waals surface area contributed by atoms with Crippen molar-refractivity contribution in [2.75, 3.05) is 0 Å². The molecule has 0 unspecified atom stereocenters. The van der Waals surface area contributed by atoms with E-state index in [2.05, 4.69) is 4.98 Å². The van der Waals surface area contributed by atoms with Crippen molar-refractivity contribution in [2.24, 2.45) is 0 Å². The number of aromatic nitrogens is 1. The number of rotatable bonds is 3. The third-order valence-corrected chi connectivity index (χ3v) is 2.92. The average Bonchev–Trinajstić information content (AvgIpc) is 2.38. The summed E-state index contributed by atoms with van der Waals surface area (Å²) in [6.07, 6.45) is 2.35. The van der Waals surface area contributed by atoms with E-state index in [1.165, 1.54) is 18.2 Å². The van der Waals surface area contributed by atoms with Crippen molar-refractivity contribution in [2.45, 2.75) is 20.3 Å². The number of hydrogen-bond acceptors (Lipinski definition) is 2. The van der Waals surface area contributed by atoms with Crippen LogP contribution >= 0.6 is 0 Å². The summed E-state index contributed by atoms with van der Waals surface area (Å²) in [5.74, 6) is -0.481. The van der Waals surface area contributed by atoms with Crippen molar-refractivity contribution < 1.29 is 9.18 Å². The zero-order valence-electron chi connectivity index (χ0n) is 10.4. The van der Waals surface area contributed by atoms with Crippen LogP contribution in [0.5, 0.6) is 0 Å². The lowest BCUT2D eigenvalue weighted by atomic mass is 9.99. The Kier molecular flexibility index (Phi) is 3.51. The number of carbonyl (C=O) groups excluding carboxylic acids is 1. The minimum Gasteiger partial charge on any atom is -0.287 e. The highest BCUT2D eigenvalue weighted by Crippen LogP contribution is 2.17. The standard InChI is InChI=1S/C15H14FNO/c1-3-11-5-4-8-17-14(11)15(18)13-7-6-12(16)9-10(13)2/h4-9H,3H2,1-2H3. The number of aryl methyl sites for hydroxylation is 2. The molecule has 0 aliphatic carbocycles. The molecule has 0 radical (unpaired) electrons. The molecule has 92 valence electrons. The molecule has 1 aromatic carbocycles. The highest BCUT2D eigenvalue weighted by atomic mass is 19.1. The summed E-state index contributed by atoms with van der Waals surface area (Å²) in [4.78, 5) is 16.5. The van der Waals surface area contributed by atoms with Crippen molar-refractivity contribution in [3.05, 3.63) is 64.7 Å². The zero-order chi connectivity index (χ0) is 13.1. The minimum atomic E-state index is -0.333. The molecule has 0 aliphatic rings. The number of carbonyl (C=O) groups is 1. The van der Waals surface area contributed by atoms with Crippen molar-refractivity contribution in [1.29, 1.82) is 0 Å². The maximum atomic E-state index is 13.0. The fraction of sp³-hybridized carbons (Fsp3) is 0.200. The van der Waals surface area contributed by atoms with Crippen LogP contribution in [-0.4, -0.2) is 10.8 Å². The molecule has 0 aliphatic heterocycles. The first-order chi connectivity index (χ1) is 8.63. The first kappa shape index (κ1) is 12.4. The molecule has 2 aromatic rings. The third kappa shape index (κ3) is 2.30. The Balaban J connectivity index is 2.48. The Hall–Kier alpha value is -2.03. The molecule has 1 heterocycles. The molecule has 1 aromatic heterocycles. The largest absolute Gasteiger partial charge is 0.287 e. The van der Waals surface area contributed by atoms with E-state index in [0.29, 0.717) is 16.8 Å². The number of ketones is 1. The lowest BCUT2D eigenvalue weighted by molar-refractivity contribution is 0.103. The molecule has 0 atom stereocenters. The summed E-state index contributed by atoms with van der Waals surface area (Å²) in [5.41, 5.74) is 2.50. The van der Waals surface area contributed by atoms with Gasteiger partial charge in [0.15, 0.2) is 0 Å². The molecular formula is C15H14FNO. The van der Waals surface area contributed by atoms with Gasteiger partial charge in [-0.2, -0.15) is 0 Å². The second-order valence-corrected chi connectivity index (χ2v) is 4.15. The molecule has 0 fully saturated rings. The average molecular weight is 243 g/mol. The lowest BCUT2D eigenvalue weighted by Crippen LogP contribution is -2.09. The Morgan fingerprint density at radius 3 is 2.78 bits per heavy atom. The Morgan fingerprint density at radius 2 is 2.11 bits per heavy atom. The molecule has 0 saturated heterocycles. The molecule has 2 rings (SSSR count). The van der Waals surface area contributed by atoms with E-state index in [-0.39, 0.29) is 11.6 Å². The summed E-state index contributed by atoms with van der Waals surface area (Å²) < 4.78 is 13.0. The van der Waals surface area contributed by atoms with Crippen molar-refractivity contribution >= 4 is 5.78 Å². The van der Waals surface area contributed by atoms with Gasteiger partial charge in [-0.15, -0.1) is 0 Å². The van der Waals surface area contributed by atoms with Gasteiger partial charge in [-0.3, -0.25) is 9.78 Å². The minimum absolute atomic E-state index is 0.148. The number of nitrogens with zero attached hydrogens (tertiary/aromatic N) is 1. The van der Waals surface area contributed by atoms with Gasteiger partial charge in [0, 0.05) is 11.8 Å². The van der Waals surface area contributed by atoms with Crippen LogP contribution in [0.25, 0.3) is 0 Å². The second-order valence-electron chi connectivity index (χ2n) is 4.15. The molecular weight excluding hydrogens is 229 g/mol. The predicted molar refractivity (Wildman–Crippen MR) is 68.2 cm³/mol. The van der Waals surface area contributed by atoms with Crippen LogP contribution in [0.1, 0.15) is 34.1 Å². The summed E-state index contributed by atoms with van der Waals surface area (Å²) in [7, 11) is 0. The Bertz CT molecular complexity index is 593. The SMILES string of the molecule is CCc1cccnc1C(=O)c1ccc(F)cc1C. The van der Waals surface area contributed by atoms with Crippen LogP contribution in [-0.2, 0) is 6.42 Å². The Morgan fingerprint density at radius 1 is 1.33 bits per heavy atom. The Labute approximate surface area is 105 Å². The van der Waals surface area contributed by atoms with Gasteiger partial charge in [-0.1, -0.05) is 13.0 Å². The molecule has 2 nitrogen and oxygen atoms in total. The fourth-order valence-corrected chi connectivity index (χ4v) is 1.94. The first-order valence-corrected chi connectivity index (χ1v) is 5.88. The van der Waals surface area contributed by atoms with E-state index in [1.807, 2.05) is 19.1 Å². The summed E-state index contributed by atoms with van der Waals surface area (Å²) in [6, 6.07) is 7.88. The van der Waals surface area contributed by atoms with Crippen LogP contribution in [0.4, 0.5) is 4.39 Å². The van der Waals surface area contributed by atoms with Gasteiger partial charge in [-0.25, -0.2) is 4.39 Å². The van der Waals surface area contributed by atoms with E-state index in [0.717, 1.165) is 12.0 Å². The molecule has 18 heavy (non-hydrogen) atoms. The zero-order valence-corrected chi connectivity index (χ0v) is 10.4. The summed E-state index contributed by atoms with van der Waals surface area (Å²) >= 11 is 0. The van der Waals surface area contributed by atoms with Gasteiger partial charge >= 0.3 is 0 Å². The second kappa shape index (κ2) is 5.08. The van der Waals surface area contributed by atoms with E-state index in [9.17, 15) is 9.18 Å². The van der Waals surface area contributed by atoms with Crippen LogP contribution in [0, 0.1) is 12.7 Å². The maximum Gasteiger partial charge on any atom is 0.211 e. The van der Waals surface area contributed by atoms with Gasteiger partial charge in [0.05, 0.1) is 0 Å². The topological polar surface area (TPSA) is 30.0 Å². The van der Waals surface area contributed by atoms with Crippen molar-refractivity contribution in [1.82, 2.24) is 4.98 Å². The van der Waals surface area contributed by atoms with Crippen LogP contribution < -0.4 is 0 Å². The molecule has 0 N–H and O–H groups in total. The number of benzene rings is 1. The molecule has 0 saturated carbocycles. The summed E-state index contributed by atoms with van der Waals surface area (Å²) in [5, 5.41) is 0. The van der Waals surface area contributed by atoms with Gasteiger partial charge in [0.2, 0.25) is 5.78 Å². The van der Waals surface area contributed by atoms with Crippen LogP contribution in [0.3, 0.4) is 0 Å². The fourth-order valence-electron chi connectivity index (χ4n) is 1.94. The quantitative estimate of drug-likeness (QED) is 0.774. The van der Waals surface area contributed by atoms with E-state index >= 15 is 0 Å². The first-order valence-electron chi connectivity index (χ1n) is 5.88. The highest BCUT2D eigenvalue weighted by Gasteiger charge is 2.16. The van der Waals surface area contributed by atoms with Gasteiger partial charge < -0.3 is 0 Å². The van der Waals surface area contributed by atoms with Crippen LogP contribution in [0.15, 0.2) is 36.5 Å². The van der Waals surface area contributed by atoms with E-state index in [1.54, 1.807) is 13.1 Å². The summed E-state index contributed by atoms with van der Waals surface area (Å²) in [6.45, 7) is 3.70. The highest BCUT2D eigenvalue weighted by molar-refractivity contribution is 6.09. The van der Waals surface area contributed by atoms with E-state index in [4.69, 9.17) is 0 Å². The lowest BCUT2D eigenvalue weighted by Gasteiger charge is -2.07. The van der Waals surface area contributed by atoms with Gasteiger partial charge in [-0.05, 0) is 48.7 Å². The van der Waals surface area contributed by atoms with Crippen molar-refractivity contribution in [3.8, 4) is 0 Å². The molecule has 3 heteroatoms. The van der Waals surface area contributed by atoms with Gasteiger partial charge in [0.25, 0.3) is 0 Å². The number of hydrogen-bond donors (Lipinski definition) is 0.